The molecular formula is C8H10N2O3. The van der Waals surface area contributed by atoms with E-state index in [-0.39, 0.29) is 6.42 Å². The lowest BCUT2D eigenvalue weighted by molar-refractivity contribution is -0.137. The van der Waals surface area contributed by atoms with Gasteiger partial charge in [0.25, 0.3) is 0 Å². The molecule has 13 heavy (non-hydrogen) atoms. The quantitative estimate of drug-likeness (QED) is 0.675. The van der Waals surface area contributed by atoms with Crippen molar-refractivity contribution in [2.45, 2.75) is 19.4 Å². The molecule has 0 atom stereocenters. The molecule has 0 saturated carbocycles. The fourth-order valence-corrected chi connectivity index (χ4v) is 1.03. The smallest absolute Gasteiger partial charge is 0.303 e. The molecule has 5 nitrogen and oxygen atoms in total. The molecule has 0 bridgehead atoms. The molecule has 0 amide bonds. The fourth-order valence-electron chi connectivity index (χ4n) is 1.03. The molecule has 5 heteroatoms. The van der Waals surface area contributed by atoms with Crippen LogP contribution < -0.4 is 0 Å². The normalized spacial score (nSPS) is 9.85. The Morgan fingerprint density at radius 2 is 2.46 bits per heavy atom. The molecular weight excluding hydrogens is 172 g/mol. The molecule has 1 N–H and O–H groups in total. The van der Waals surface area contributed by atoms with E-state index < -0.39 is 5.97 Å². The number of aromatic nitrogens is 2. The number of hydrogen-bond donors (Lipinski definition) is 1. The lowest BCUT2D eigenvalue weighted by Gasteiger charge is -2.01. The Morgan fingerprint density at radius 1 is 1.69 bits per heavy atom. The second kappa shape index (κ2) is 4.39. The summed E-state index contributed by atoms with van der Waals surface area (Å²) in [6.07, 6.45) is 4.44. The predicted molar refractivity (Wildman–Crippen MR) is 44.5 cm³/mol. The molecule has 0 aliphatic rings. The summed E-state index contributed by atoms with van der Waals surface area (Å²) in [6.45, 7) is 0.514. The van der Waals surface area contributed by atoms with E-state index in [4.69, 9.17) is 5.11 Å². The topological polar surface area (TPSA) is 72.2 Å². The maximum atomic E-state index is 10.4. The van der Waals surface area contributed by atoms with Gasteiger partial charge in [0.05, 0.1) is 0 Å². The number of imidazole rings is 1. The van der Waals surface area contributed by atoms with E-state index in [0.717, 1.165) is 0 Å². The van der Waals surface area contributed by atoms with Crippen molar-refractivity contribution < 1.29 is 14.7 Å². The number of carbonyl (C=O) groups is 2. The minimum Gasteiger partial charge on any atom is -0.481 e. The van der Waals surface area contributed by atoms with E-state index in [1.54, 1.807) is 10.8 Å². The van der Waals surface area contributed by atoms with Crippen LogP contribution in [0.15, 0.2) is 12.4 Å². The number of aldehydes is 1. The first-order valence-electron chi connectivity index (χ1n) is 3.92. The number of hydrogen-bond acceptors (Lipinski definition) is 3. The molecule has 0 unspecified atom stereocenters. The zero-order chi connectivity index (χ0) is 9.68. The van der Waals surface area contributed by atoms with Gasteiger partial charge < -0.3 is 9.67 Å². The molecule has 0 radical (unpaired) electrons. The van der Waals surface area contributed by atoms with Gasteiger partial charge >= 0.3 is 5.97 Å². The summed E-state index contributed by atoms with van der Waals surface area (Å²) >= 11 is 0. The first kappa shape index (κ1) is 9.44. The minimum absolute atomic E-state index is 0.108. The van der Waals surface area contributed by atoms with Crippen molar-refractivity contribution in [2.75, 3.05) is 0 Å². The Labute approximate surface area is 75.0 Å². The zero-order valence-corrected chi connectivity index (χ0v) is 7.01. The molecule has 0 aromatic carbocycles. The number of nitrogens with zero attached hydrogens (tertiary/aromatic N) is 2. The predicted octanol–water partition coefficient (Wildman–Crippen LogP) is 0.560. The van der Waals surface area contributed by atoms with Gasteiger partial charge in [-0.1, -0.05) is 0 Å². The van der Waals surface area contributed by atoms with E-state index in [9.17, 15) is 9.59 Å². The summed E-state index contributed by atoms with van der Waals surface area (Å²) < 4.78 is 1.63. The number of aliphatic carboxylic acids is 1. The third-order valence-corrected chi connectivity index (χ3v) is 1.64. The van der Waals surface area contributed by atoms with Crippen LogP contribution in [0.4, 0.5) is 0 Å². The highest BCUT2D eigenvalue weighted by Gasteiger charge is 2.01. The van der Waals surface area contributed by atoms with Crippen LogP contribution in [0.25, 0.3) is 0 Å². The van der Waals surface area contributed by atoms with E-state index in [1.807, 2.05) is 0 Å². The second-order valence-corrected chi connectivity index (χ2v) is 2.59. The van der Waals surface area contributed by atoms with Crippen LogP contribution in [0.1, 0.15) is 23.5 Å². The van der Waals surface area contributed by atoms with Crippen LogP contribution in [-0.4, -0.2) is 26.9 Å². The average molecular weight is 182 g/mol. The van der Waals surface area contributed by atoms with Gasteiger partial charge in [0.2, 0.25) is 0 Å². The average Bonchev–Trinajstić information content (AvgIpc) is 2.51. The highest BCUT2D eigenvalue weighted by atomic mass is 16.4. The first-order valence-corrected chi connectivity index (χ1v) is 3.92. The summed E-state index contributed by atoms with van der Waals surface area (Å²) in [5, 5.41) is 8.37. The van der Waals surface area contributed by atoms with Gasteiger partial charge in [0.1, 0.15) is 0 Å². The Hall–Kier alpha value is -1.65. The maximum Gasteiger partial charge on any atom is 0.303 e. The molecule has 0 aliphatic heterocycles. The van der Waals surface area contributed by atoms with Crippen LogP contribution in [0, 0.1) is 0 Å². The van der Waals surface area contributed by atoms with E-state index in [0.29, 0.717) is 25.1 Å². The number of carbonyl (C=O) groups excluding carboxylic acids is 1. The van der Waals surface area contributed by atoms with Gasteiger partial charge in [-0.3, -0.25) is 9.59 Å². The Kier molecular flexibility index (Phi) is 3.19. The summed E-state index contributed by atoms with van der Waals surface area (Å²) in [5.41, 5.74) is 0. The third-order valence-electron chi connectivity index (χ3n) is 1.64. The molecule has 0 fully saturated rings. The summed E-state index contributed by atoms with van der Waals surface area (Å²) in [6, 6.07) is 0. The number of carboxylic acids is 1. The highest BCUT2D eigenvalue weighted by molar-refractivity contribution is 5.69. The monoisotopic (exact) mass is 182 g/mol. The van der Waals surface area contributed by atoms with Crippen LogP contribution in [-0.2, 0) is 11.3 Å². The standard InChI is InChI=1S/C8H10N2O3/c11-6-7-9-3-5-10(7)4-1-2-8(12)13/h3,5-6H,1-2,4H2,(H,12,13). The molecule has 0 saturated heterocycles. The van der Waals surface area contributed by atoms with Crippen molar-refractivity contribution >= 4 is 12.3 Å². The largest absolute Gasteiger partial charge is 0.481 e. The molecule has 0 aliphatic carbocycles. The van der Waals surface area contributed by atoms with Gasteiger partial charge in [-0.15, -0.1) is 0 Å². The lowest BCUT2D eigenvalue weighted by atomic mass is 10.3. The third kappa shape index (κ3) is 2.70. The van der Waals surface area contributed by atoms with Crippen molar-refractivity contribution in [3.05, 3.63) is 18.2 Å². The molecule has 1 rings (SSSR count). The Bertz CT molecular complexity index is 306. The van der Waals surface area contributed by atoms with Gasteiger partial charge in [-0.05, 0) is 6.42 Å². The molecule has 70 valence electrons. The molecule has 1 heterocycles. The van der Waals surface area contributed by atoms with E-state index >= 15 is 0 Å². The summed E-state index contributed by atoms with van der Waals surface area (Å²) in [7, 11) is 0. The van der Waals surface area contributed by atoms with E-state index in [1.165, 1.54) is 6.20 Å². The van der Waals surface area contributed by atoms with Gasteiger partial charge in [0, 0.05) is 25.4 Å². The number of rotatable bonds is 5. The summed E-state index contributed by atoms with van der Waals surface area (Å²) in [4.78, 5) is 24.4. The van der Waals surface area contributed by atoms with Crippen LogP contribution in [0.3, 0.4) is 0 Å². The minimum atomic E-state index is -0.826. The fraction of sp³-hybridized carbons (Fsp3) is 0.375. The van der Waals surface area contributed by atoms with Crippen molar-refractivity contribution in [1.29, 1.82) is 0 Å². The van der Waals surface area contributed by atoms with Gasteiger partial charge in [0.15, 0.2) is 12.1 Å². The Morgan fingerprint density at radius 3 is 3.08 bits per heavy atom. The van der Waals surface area contributed by atoms with Gasteiger partial charge in [-0.2, -0.15) is 0 Å². The van der Waals surface area contributed by atoms with Gasteiger partial charge in [-0.25, -0.2) is 4.98 Å². The molecule has 1 aromatic rings. The first-order chi connectivity index (χ1) is 6.24. The SMILES string of the molecule is O=Cc1nccn1CCCC(=O)O. The Balaban J connectivity index is 2.44. The van der Waals surface area contributed by atoms with Crippen LogP contribution in [0.2, 0.25) is 0 Å². The second-order valence-electron chi connectivity index (χ2n) is 2.59. The van der Waals surface area contributed by atoms with Crippen molar-refractivity contribution in [1.82, 2.24) is 9.55 Å². The zero-order valence-electron chi connectivity index (χ0n) is 7.01. The van der Waals surface area contributed by atoms with Crippen molar-refractivity contribution in [3.63, 3.8) is 0 Å². The maximum absolute atomic E-state index is 10.4. The highest BCUT2D eigenvalue weighted by Crippen LogP contribution is 1.98. The van der Waals surface area contributed by atoms with Crippen molar-refractivity contribution in [3.8, 4) is 0 Å². The lowest BCUT2D eigenvalue weighted by Crippen LogP contribution is -2.04. The van der Waals surface area contributed by atoms with E-state index in [2.05, 4.69) is 4.98 Å². The number of carboxylic acid groups (broad SMARTS) is 1. The number of aryl methyl sites for hydroxylation is 1. The summed E-state index contributed by atoms with van der Waals surface area (Å²) in [5.74, 6) is -0.488. The van der Waals surface area contributed by atoms with Crippen LogP contribution in [0.5, 0.6) is 0 Å². The molecule has 1 aromatic heterocycles. The van der Waals surface area contributed by atoms with Crippen LogP contribution >= 0.6 is 0 Å². The van der Waals surface area contributed by atoms with Crippen molar-refractivity contribution in [2.24, 2.45) is 0 Å². The molecule has 0 spiro atoms.